The fraction of sp³-hybridized carbons (Fsp3) is 0.457. The number of fused-ring (bicyclic) bond motifs is 2. The Hall–Kier alpha value is -4.51. The molecule has 4 aromatic rings. The van der Waals surface area contributed by atoms with Gasteiger partial charge in [0.05, 0.1) is 16.0 Å². The summed E-state index contributed by atoms with van der Waals surface area (Å²) >= 11 is 0. The number of nitrogens with zero attached hydrogens (tertiary/aromatic N) is 4. The van der Waals surface area contributed by atoms with E-state index in [9.17, 15) is 19.7 Å². The van der Waals surface area contributed by atoms with Gasteiger partial charge in [0.1, 0.15) is 11.4 Å². The Bertz CT molecular complexity index is 1710. The molecule has 3 aromatic carbocycles. The zero-order chi connectivity index (χ0) is 32.8. The van der Waals surface area contributed by atoms with E-state index >= 15 is 0 Å². The van der Waals surface area contributed by atoms with Crippen LogP contribution in [0.25, 0.3) is 21.8 Å². The number of piperidine rings is 1. The summed E-state index contributed by atoms with van der Waals surface area (Å²) in [5.74, 6) is 0.734. The lowest BCUT2D eigenvalue weighted by Crippen LogP contribution is -2.46. The van der Waals surface area contributed by atoms with Gasteiger partial charge in [0.25, 0.3) is 5.69 Å². The molecule has 5 rings (SSSR count). The van der Waals surface area contributed by atoms with Crippen LogP contribution in [0, 0.1) is 10.1 Å². The largest absolute Gasteiger partial charge is 0.444 e. The van der Waals surface area contributed by atoms with E-state index in [0.717, 1.165) is 46.9 Å². The number of amides is 2. The summed E-state index contributed by atoms with van der Waals surface area (Å²) in [6.45, 7) is 7.74. The number of imidazole rings is 1. The average Bonchev–Trinajstić information content (AvgIpc) is 3.38. The van der Waals surface area contributed by atoms with Crippen molar-refractivity contribution in [3.05, 3.63) is 82.2 Å². The number of methoxy groups -OCH3 is 1. The van der Waals surface area contributed by atoms with Crippen LogP contribution in [0.5, 0.6) is 0 Å². The van der Waals surface area contributed by atoms with Gasteiger partial charge in [0.15, 0.2) is 0 Å². The molecule has 1 fully saturated rings. The number of non-ortho nitro benzene ring substituents is 1. The minimum absolute atomic E-state index is 0.00372. The Labute approximate surface area is 269 Å². The molecule has 1 aromatic heterocycles. The third kappa shape index (κ3) is 8.20. The van der Waals surface area contributed by atoms with Crippen molar-refractivity contribution in [2.24, 2.45) is 0 Å². The van der Waals surface area contributed by atoms with Crippen molar-refractivity contribution in [2.45, 2.75) is 77.0 Å². The molecule has 1 N–H and O–H groups in total. The van der Waals surface area contributed by atoms with E-state index in [0.29, 0.717) is 38.2 Å². The van der Waals surface area contributed by atoms with E-state index in [1.165, 1.54) is 12.1 Å². The minimum Gasteiger partial charge on any atom is -0.444 e. The van der Waals surface area contributed by atoms with Gasteiger partial charge in [-0.2, -0.15) is 0 Å². The molecule has 1 saturated heterocycles. The minimum atomic E-state index is -0.670. The monoisotopic (exact) mass is 629 g/mol. The topological polar surface area (TPSA) is 129 Å². The van der Waals surface area contributed by atoms with Crippen molar-refractivity contribution in [1.82, 2.24) is 19.8 Å². The normalized spacial score (nSPS) is 16.0. The summed E-state index contributed by atoms with van der Waals surface area (Å²) in [5.41, 5.74) is 1.75. The molecule has 0 bridgehead atoms. The number of carbonyl (C=O) groups excluding carboxylic acids is 2. The lowest BCUT2D eigenvalue weighted by molar-refractivity contribution is -0.384. The molecule has 1 aliphatic heterocycles. The number of likely N-dealkylation sites (tertiary alicyclic amines) is 1. The highest BCUT2D eigenvalue weighted by atomic mass is 16.6. The average molecular weight is 630 g/mol. The van der Waals surface area contributed by atoms with Gasteiger partial charge in [-0.3, -0.25) is 14.9 Å². The first-order chi connectivity index (χ1) is 22.0. The molecule has 1 aliphatic rings. The SMILES string of the molecule is COCCCn1c([C@@H]2CCCN(C(=O)C[C@@H](Cc3ccc4ccccc4c3)NC(=O)OC(C)(C)C)C2)nc2cc([N+](=O)[O-])ccc21. The van der Waals surface area contributed by atoms with E-state index in [1.54, 1.807) is 13.2 Å². The van der Waals surface area contributed by atoms with Gasteiger partial charge < -0.3 is 24.3 Å². The number of nitrogens with one attached hydrogen (secondary N) is 1. The summed E-state index contributed by atoms with van der Waals surface area (Å²) in [6, 6.07) is 18.6. The van der Waals surface area contributed by atoms with Crippen molar-refractivity contribution in [3.63, 3.8) is 0 Å². The second kappa shape index (κ2) is 14.3. The van der Waals surface area contributed by atoms with Crippen molar-refractivity contribution < 1.29 is 24.0 Å². The van der Waals surface area contributed by atoms with Crippen LogP contribution < -0.4 is 5.32 Å². The third-order valence-corrected chi connectivity index (χ3v) is 8.28. The summed E-state index contributed by atoms with van der Waals surface area (Å²) in [5, 5.41) is 16.6. The third-order valence-electron chi connectivity index (χ3n) is 8.28. The number of hydrogen-bond donors (Lipinski definition) is 1. The highest BCUT2D eigenvalue weighted by molar-refractivity contribution is 5.83. The van der Waals surface area contributed by atoms with Crippen LogP contribution in [-0.4, -0.2) is 69.8 Å². The maximum absolute atomic E-state index is 13.9. The number of hydrogen-bond acceptors (Lipinski definition) is 7. The Morgan fingerprint density at radius 1 is 1.11 bits per heavy atom. The van der Waals surface area contributed by atoms with Crippen molar-refractivity contribution in [3.8, 4) is 0 Å². The van der Waals surface area contributed by atoms with Crippen LogP contribution in [0.3, 0.4) is 0 Å². The van der Waals surface area contributed by atoms with Crippen molar-refractivity contribution >= 4 is 39.5 Å². The van der Waals surface area contributed by atoms with Crippen LogP contribution in [-0.2, 0) is 27.2 Å². The first-order valence-electron chi connectivity index (χ1n) is 15.9. The molecular formula is C35H43N5O6. The summed E-state index contributed by atoms with van der Waals surface area (Å²) in [7, 11) is 1.66. The Morgan fingerprint density at radius 2 is 1.89 bits per heavy atom. The van der Waals surface area contributed by atoms with Gasteiger partial charge in [-0.05, 0) is 68.9 Å². The van der Waals surface area contributed by atoms with E-state index in [2.05, 4.69) is 34.1 Å². The molecule has 0 saturated carbocycles. The predicted molar refractivity (Wildman–Crippen MR) is 177 cm³/mol. The molecule has 0 spiro atoms. The molecule has 244 valence electrons. The number of carbonyl (C=O) groups is 2. The number of aromatic nitrogens is 2. The fourth-order valence-corrected chi connectivity index (χ4v) is 6.22. The lowest BCUT2D eigenvalue weighted by Gasteiger charge is -2.34. The quantitative estimate of drug-likeness (QED) is 0.116. The van der Waals surface area contributed by atoms with Gasteiger partial charge >= 0.3 is 6.09 Å². The number of aryl methyl sites for hydroxylation is 1. The Balaban J connectivity index is 1.35. The van der Waals surface area contributed by atoms with E-state index < -0.39 is 22.7 Å². The van der Waals surface area contributed by atoms with E-state index in [4.69, 9.17) is 14.5 Å². The van der Waals surface area contributed by atoms with E-state index in [-0.39, 0.29) is 23.9 Å². The second-order valence-corrected chi connectivity index (χ2v) is 13.0. The molecule has 0 unspecified atom stereocenters. The van der Waals surface area contributed by atoms with E-state index in [1.807, 2.05) is 43.9 Å². The van der Waals surface area contributed by atoms with Gasteiger partial charge in [-0.15, -0.1) is 0 Å². The number of ether oxygens (including phenoxy) is 2. The van der Waals surface area contributed by atoms with Crippen LogP contribution >= 0.6 is 0 Å². The first kappa shape index (κ1) is 32.9. The van der Waals surface area contributed by atoms with Gasteiger partial charge in [-0.1, -0.05) is 42.5 Å². The van der Waals surface area contributed by atoms with Crippen molar-refractivity contribution in [2.75, 3.05) is 26.8 Å². The molecule has 0 radical (unpaired) electrons. The molecule has 46 heavy (non-hydrogen) atoms. The molecular weight excluding hydrogens is 586 g/mol. The zero-order valence-electron chi connectivity index (χ0n) is 27.0. The van der Waals surface area contributed by atoms with Crippen LogP contribution in [0.1, 0.15) is 63.8 Å². The van der Waals surface area contributed by atoms with Crippen LogP contribution in [0.2, 0.25) is 0 Å². The van der Waals surface area contributed by atoms with Gasteiger partial charge in [0, 0.05) is 63.9 Å². The second-order valence-electron chi connectivity index (χ2n) is 13.0. The van der Waals surface area contributed by atoms with Crippen LogP contribution in [0.15, 0.2) is 60.7 Å². The standard InChI is InChI=1S/C35H43N5O6/c1-35(2,3)46-34(42)36-28(20-24-12-13-25-9-5-6-10-26(25)19-24)21-32(41)38-16-7-11-27(23-38)33-37-30-22-29(40(43)44)14-15-31(30)39(33)17-8-18-45-4/h5-6,9-10,12-15,19,22,27-28H,7-8,11,16-18,20-21,23H2,1-4H3,(H,36,42)/t27-,28-/m1/s1. The highest BCUT2D eigenvalue weighted by Gasteiger charge is 2.31. The first-order valence-corrected chi connectivity index (χ1v) is 15.9. The van der Waals surface area contributed by atoms with Crippen molar-refractivity contribution in [1.29, 1.82) is 0 Å². The van der Waals surface area contributed by atoms with Gasteiger partial charge in [-0.25, -0.2) is 9.78 Å². The zero-order valence-corrected chi connectivity index (χ0v) is 27.0. The number of rotatable bonds is 11. The summed E-state index contributed by atoms with van der Waals surface area (Å²) in [4.78, 5) is 44.5. The number of benzene rings is 3. The molecule has 2 atom stereocenters. The van der Waals surface area contributed by atoms with Crippen LogP contribution in [0.4, 0.5) is 10.5 Å². The lowest BCUT2D eigenvalue weighted by atomic mass is 9.95. The number of alkyl carbamates (subject to hydrolysis) is 1. The number of nitro groups is 1. The fourth-order valence-electron chi connectivity index (χ4n) is 6.22. The number of nitro benzene ring substituents is 1. The molecule has 11 heteroatoms. The Morgan fingerprint density at radius 3 is 2.63 bits per heavy atom. The summed E-state index contributed by atoms with van der Waals surface area (Å²) < 4.78 is 12.9. The van der Waals surface area contributed by atoms with Gasteiger partial charge in [0.2, 0.25) is 5.91 Å². The smallest absolute Gasteiger partial charge is 0.407 e. The Kier molecular flexibility index (Phi) is 10.2. The molecule has 2 heterocycles. The predicted octanol–water partition coefficient (Wildman–Crippen LogP) is 6.37. The highest BCUT2D eigenvalue weighted by Crippen LogP contribution is 2.31. The summed E-state index contributed by atoms with van der Waals surface area (Å²) in [6.07, 6.45) is 2.44. The molecule has 2 amide bonds. The maximum Gasteiger partial charge on any atom is 0.407 e. The maximum atomic E-state index is 13.9. The molecule has 11 nitrogen and oxygen atoms in total. The molecule has 0 aliphatic carbocycles.